The molecule has 0 bridgehead atoms. The SMILES string of the molecule is COc1ccc(Br)cc1Nc1nc(C)cn1C1CC1. The van der Waals surface area contributed by atoms with Gasteiger partial charge in [-0.05, 0) is 38.0 Å². The van der Waals surface area contributed by atoms with Crippen LogP contribution in [0.3, 0.4) is 0 Å². The fraction of sp³-hybridized carbons (Fsp3) is 0.357. The van der Waals surface area contributed by atoms with Crippen molar-refractivity contribution in [3.8, 4) is 5.75 Å². The Morgan fingerprint density at radius 2 is 2.21 bits per heavy atom. The summed E-state index contributed by atoms with van der Waals surface area (Å²) in [6, 6.07) is 6.49. The Balaban J connectivity index is 1.94. The van der Waals surface area contributed by atoms with E-state index in [-0.39, 0.29) is 0 Å². The van der Waals surface area contributed by atoms with Crippen molar-refractivity contribution in [3.63, 3.8) is 0 Å². The van der Waals surface area contributed by atoms with Gasteiger partial charge in [-0.15, -0.1) is 0 Å². The average molecular weight is 322 g/mol. The molecule has 0 radical (unpaired) electrons. The molecule has 0 spiro atoms. The van der Waals surface area contributed by atoms with Crippen LogP contribution in [-0.2, 0) is 0 Å². The number of anilines is 2. The van der Waals surface area contributed by atoms with Crippen molar-refractivity contribution in [2.24, 2.45) is 0 Å². The Hall–Kier alpha value is -1.49. The first-order valence-corrected chi connectivity index (χ1v) is 7.12. The third kappa shape index (κ3) is 2.61. The van der Waals surface area contributed by atoms with Crippen molar-refractivity contribution in [2.75, 3.05) is 12.4 Å². The van der Waals surface area contributed by atoms with Gasteiger partial charge >= 0.3 is 0 Å². The zero-order chi connectivity index (χ0) is 13.4. The lowest BCUT2D eigenvalue weighted by molar-refractivity contribution is 0.416. The molecule has 100 valence electrons. The van der Waals surface area contributed by atoms with Crippen LogP contribution in [0.4, 0.5) is 11.6 Å². The van der Waals surface area contributed by atoms with Crippen LogP contribution in [0.1, 0.15) is 24.6 Å². The predicted octanol–water partition coefficient (Wildman–Crippen LogP) is 4.04. The van der Waals surface area contributed by atoms with E-state index in [0.717, 1.165) is 27.6 Å². The first kappa shape index (κ1) is 12.5. The van der Waals surface area contributed by atoms with Crippen LogP contribution in [0.25, 0.3) is 0 Å². The van der Waals surface area contributed by atoms with Gasteiger partial charge < -0.3 is 14.6 Å². The average Bonchev–Trinajstić information content (AvgIpc) is 3.15. The largest absolute Gasteiger partial charge is 0.495 e. The summed E-state index contributed by atoms with van der Waals surface area (Å²) >= 11 is 3.48. The maximum absolute atomic E-state index is 5.37. The van der Waals surface area contributed by atoms with Crippen LogP contribution in [0.5, 0.6) is 5.75 Å². The second-order valence-electron chi connectivity index (χ2n) is 4.81. The summed E-state index contributed by atoms with van der Waals surface area (Å²) in [5, 5.41) is 3.37. The second kappa shape index (κ2) is 4.89. The Labute approximate surface area is 120 Å². The van der Waals surface area contributed by atoms with Crippen molar-refractivity contribution in [1.29, 1.82) is 0 Å². The molecule has 0 amide bonds. The van der Waals surface area contributed by atoms with Crippen LogP contribution in [-0.4, -0.2) is 16.7 Å². The van der Waals surface area contributed by atoms with E-state index < -0.39 is 0 Å². The third-order valence-electron chi connectivity index (χ3n) is 3.20. The summed E-state index contributed by atoms with van der Waals surface area (Å²) in [5.74, 6) is 1.70. The molecule has 0 saturated heterocycles. The molecule has 2 aromatic rings. The second-order valence-corrected chi connectivity index (χ2v) is 5.73. The number of rotatable bonds is 4. The summed E-state index contributed by atoms with van der Waals surface area (Å²) in [7, 11) is 1.67. The molecule has 5 heteroatoms. The standard InChI is InChI=1S/C14H16BrN3O/c1-9-8-18(11-4-5-11)14(16-9)17-12-7-10(15)3-6-13(12)19-2/h3,6-8,11H,4-5H2,1-2H3,(H,16,17). The lowest BCUT2D eigenvalue weighted by Crippen LogP contribution is -2.02. The summed E-state index contributed by atoms with van der Waals surface area (Å²) in [6.07, 6.45) is 4.57. The van der Waals surface area contributed by atoms with Crippen LogP contribution in [0.2, 0.25) is 0 Å². The Morgan fingerprint density at radius 1 is 1.42 bits per heavy atom. The molecule has 0 atom stereocenters. The van der Waals surface area contributed by atoms with Gasteiger partial charge in [-0.3, -0.25) is 0 Å². The van der Waals surface area contributed by atoms with Crippen molar-refractivity contribution >= 4 is 27.6 Å². The lowest BCUT2D eigenvalue weighted by atomic mass is 10.3. The summed E-state index contributed by atoms with van der Waals surface area (Å²) in [4.78, 5) is 4.55. The number of benzene rings is 1. The van der Waals surface area contributed by atoms with Gasteiger partial charge in [0.2, 0.25) is 5.95 Å². The molecule has 19 heavy (non-hydrogen) atoms. The first-order valence-electron chi connectivity index (χ1n) is 6.33. The smallest absolute Gasteiger partial charge is 0.207 e. The highest BCUT2D eigenvalue weighted by atomic mass is 79.9. The molecule has 1 N–H and O–H groups in total. The topological polar surface area (TPSA) is 39.1 Å². The van der Waals surface area contributed by atoms with E-state index in [2.05, 4.69) is 37.0 Å². The number of methoxy groups -OCH3 is 1. The molecule has 1 aromatic heterocycles. The molecule has 1 saturated carbocycles. The molecule has 1 aliphatic carbocycles. The van der Waals surface area contributed by atoms with E-state index in [1.54, 1.807) is 7.11 Å². The highest BCUT2D eigenvalue weighted by Gasteiger charge is 2.26. The van der Waals surface area contributed by atoms with Gasteiger partial charge in [0, 0.05) is 16.7 Å². The van der Waals surface area contributed by atoms with Gasteiger partial charge in [0.05, 0.1) is 18.5 Å². The minimum atomic E-state index is 0.599. The number of imidazole rings is 1. The first-order chi connectivity index (χ1) is 9.17. The Bertz CT molecular complexity index is 605. The van der Waals surface area contributed by atoms with Crippen molar-refractivity contribution in [3.05, 3.63) is 34.6 Å². The molecular formula is C14H16BrN3O. The van der Waals surface area contributed by atoms with E-state index in [1.807, 2.05) is 25.1 Å². The fourth-order valence-corrected chi connectivity index (χ4v) is 2.50. The van der Waals surface area contributed by atoms with Gasteiger partial charge in [-0.2, -0.15) is 0 Å². The van der Waals surface area contributed by atoms with Crippen LogP contribution >= 0.6 is 15.9 Å². The third-order valence-corrected chi connectivity index (χ3v) is 3.69. The van der Waals surface area contributed by atoms with E-state index in [1.165, 1.54) is 12.8 Å². The zero-order valence-electron chi connectivity index (χ0n) is 11.0. The number of nitrogens with zero attached hydrogens (tertiary/aromatic N) is 2. The highest BCUT2D eigenvalue weighted by molar-refractivity contribution is 9.10. The van der Waals surface area contributed by atoms with Crippen LogP contribution in [0, 0.1) is 6.92 Å². The molecule has 1 aliphatic rings. The minimum Gasteiger partial charge on any atom is -0.495 e. The Morgan fingerprint density at radius 3 is 2.89 bits per heavy atom. The molecular weight excluding hydrogens is 306 g/mol. The number of halogens is 1. The van der Waals surface area contributed by atoms with E-state index >= 15 is 0 Å². The number of aryl methyl sites for hydroxylation is 1. The highest BCUT2D eigenvalue weighted by Crippen LogP contribution is 2.39. The van der Waals surface area contributed by atoms with Gasteiger partial charge in [0.1, 0.15) is 5.75 Å². The quantitative estimate of drug-likeness (QED) is 0.923. The minimum absolute atomic E-state index is 0.599. The number of hydrogen-bond donors (Lipinski definition) is 1. The number of nitrogens with one attached hydrogen (secondary N) is 1. The molecule has 1 aromatic carbocycles. The van der Waals surface area contributed by atoms with Crippen LogP contribution < -0.4 is 10.1 Å². The summed E-state index contributed by atoms with van der Waals surface area (Å²) in [6.45, 7) is 2.02. The monoisotopic (exact) mass is 321 g/mol. The van der Waals surface area contributed by atoms with Crippen molar-refractivity contribution in [1.82, 2.24) is 9.55 Å². The normalized spacial score (nSPS) is 14.5. The number of aromatic nitrogens is 2. The lowest BCUT2D eigenvalue weighted by Gasteiger charge is -2.12. The van der Waals surface area contributed by atoms with Gasteiger partial charge in [-0.25, -0.2) is 4.98 Å². The van der Waals surface area contributed by atoms with Crippen molar-refractivity contribution in [2.45, 2.75) is 25.8 Å². The van der Waals surface area contributed by atoms with Gasteiger partial charge in [0.15, 0.2) is 0 Å². The Kier molecular flexibility index (Phi) is 3.22. The number of ether oxygens (including phenoxy) is 1. The molecule has 0 aliphatic heterocycles. The molecule has 4 nitrogen and oxygen atoms in total. The maximum atomic E-state index is 5.37. The fourth-order valence-electron chi connectivity index (χ4n) is 2.14. The molecule has 3 rings (SSSR count). The van der Waals surface area contributed by atoms with Gasteiger partial charge in [-0.1, -0.05) is 15.9 Å². The van der Waals surface area contributed by atoms with Gasteiger partial charge in [0.25, 0.3) is 0 Å². The molecule has 1 heterocycles. The van der Waals surface area contributed by atoms with E-state index in [4.69, 9.17) is 4.74 Å². The zero-order valence-corrected chi connectivity index (χ0v) is 12.6. The molecule has 1 fully saturated rings. The summed E-state index contributed by atoms with van der Waals surface area (Å²) in [5.41, 5.74) is 1.95. The van der Waals surface area contributed by atoms with Crippen LogP contribution in [0.15, 0.2) is 28.9 Å². The predicted molar refractivity (Wildman–Crippen MR) is 79.2 cm³/mol. The maximum Gasteiger partial charge on any atom is 0.207 e. The van der Waals surface area contributed by atoms with E-state index in [9.17, 15) is 0 Å². The van der Waals surface area contributed by atoms with E-state index in [0.29, 0.717) is 6.04 Å². The molecule has 0 unspecified atom stereocenters. The summed E-state index contributed by atoms with van der Waals surface area (Å²) < 4.78 is 8.60. The number of hydrogen-bond acceptors (Lipinski definition) is 3. The van der Waals surface area contributed by atoms with Crippen molar-refractivity contribution < 1.29 is 4.74 Å².